The highest BCUT2D eigenvalue weighted by atomic mass is 79.9. The van der Waals surface area contributed by atoms with Crippen LogP contribution >= 0.6 is 15.9 Å². The first-order chi connectivity index (χ1) is 8.84. The van der Waals surface area contributed by atoms with Crippen molar-refractivity contribution in [1.29, 1.82) is 0 Å². The van der Waals surface area contributed by atoms with Crippen LogP contribution in [0.5, 0.6) is 0 Å². The van der Waals surface area contributed by atoms with Crippen LogP contribution in [0.15, 0.2) is 18.2 Å². The molecule has 0 aliphatic heterocycles. The molecule has 0 spiro atoms. The van der Waals surface area contributed by atoms with E-state index in [0.717, 1.165) is 17.8 Å². The molecule has 0 saturated carbocycles. The summed E-state index contributed by atoms with van der Waals surface area (Å²) in [7, 11) is 0. The molecule has 0 bridgehead atoms. The molecule has 1 amide bonds. The summed E-state index contributed by atoms with van der Waals surface area (Å²) in [4.78, 5) is 11.4. The maximum atomic E-state index is 13.0. The van der Waals surface area contributed by atoms with Crippen LogP contribution in [0, 0.1) is 5.82 Å². The Labute approximate surface area is 116 Å². The molecular formula is C12H12BrF4NO. The van der Waals surface area contributed by atoms with Gasteiger partial charge in [-0.2, -0.15) is 13.2 Å². The SMILES string of the molecule is O=C(CCCCBr)Nc1ccc(F)c(C(F)(F)F)c1. The van der Waals surface area contributed by atoms with Gasteiger partial charge in [0.25, 0.3) is 0 Å². The van der Waals surface area contributed by atoms with Crippen molar-refractivity contribution in [2.75, 3.05) is 10.6 Å². The van der Waals surface area contributed by atoms with Gasteiger partial charge in [0.05, 0.1) is 5.56 Å². The summed E-state index contributed by atoms with van der Waals surface area (Å²) in [6.07, 6.45) is -3.14. The van der Waals surface area contributed by atoms with E-state index in [-0.39, 0.29) is 18.0 Å². The molecule has 0 fully saturated rings. The van der Waals surface area contributed by atoms with Gasteiger partial charge in [-0.15, -0.1) is 0 Å². The van der Waals surface area contributed by atoms with E-state index < -0.39 is 17.6 Å². The second-order valence-electron chi connectivity index (χ2n) is 3.89. The van der Waals surface area contributed by atoms with Gasteiger partial charge in [0.15, 0.2) is 0 Å². The van der Waals surface area contributed by atoms with Crippen LogP contribution in [0.4, 0.5) is 23.2 Å². The molecule has 106 valence electrons. The maximum absolute atomic E-state index is 13.0. The van der Waals surface area contributed by atoms with E-state index in [4.69, 9.17) is 0 Å². The first kappa shape index (κ1) is 15.9. The summed E-state index contributed by atoms with van der Waals surface area (Å²) < 4.78 is 50.4. The first-order valence-corrected chi connectivity index (χ1v) is 6.69. The van der Waals surface area contributed by atoms with Crippen LogP contribution in [-0.2, 0) is 11.0 Å². The number of anilines is 1. The van der Waals surface area contributed by atoms with Crippen molar-refractivity contribution in [1.82, 2.24) is 0 Å². The molecular weight excluding hydrogens is 330 g/mol. The summed E-state index contributed by atoms with van der Waals surface area (Å²) >= 11 is 3.21. The molecule has 0 aliphatic carbocycles. The minimum Gasteiger partial charge on any atom is -0.326 e. The Morgan fingerprint density at radius 3 is 2.53 bits per heavy atom. The van der Waals surface area contributed by atoms with Crippen molar-refractivity contribution in [3.05, 3.63) is 29.6 Å². The molecule has 1 aromatic carbocycles. The molecule has 19 heavy (non-hydrogen) atoms. The minimum absolute atomic E-state index is 0.0578. The van der Waals surface area contributed by atoms with E-state index in [1.54, 1.807) is 0 Å². The molecule has 2 nitrogen and oxygen atoms in total. The van der Waals surface area contributed by atoms with Crippen molar-refractivity contribution in [3.63, 3.8) is 0 Å². The lowest BCUT2D eigenvalue weighted by Crippen LogP contribution is -2.13. The smallest absolute Gasteiger partial charge is 0.326 e. The number of benzene rings is 1. The monoisotopic (exact) mass is 341 g/mol. The molecule has 1 rings (SSSR count). The van der Waals surface area contributed by atoms with Gasteiger partial charge in [-0.3, -0.25) is 4.79 Å². The minimum atomic E-state index is -4.78. The second-order valence-corrected chi connectivity index (χ2v) is 4.68. The quantitative estimate of drug-likeness (QED) is 0.481. The van der Waals surface area contributed by atoms with Gasteiger partial charge in [-0.1, -0.05) is 15.9 Å². The molecule has 0 aliphatic rings. The molecule has 1 aromatic rings. The number of hydrogen-bond acceptors (Lipinski definition) is 1. The molecule has 0 heterocycles. The van der Waals surface area contributed by atoms with Gasteiger partial charge >= 0.3 is 6.18 Å². The highest BCUT2D eigenvalue weighted by molar-refractivity contribution is 9.09. The highest BCUT2D eigenvalue weighted by Crippen LogP contribution is 2.32. The summed E-state index contributed by atoms with van der Waals surface area (Å²) in [6, 6.07) is 2.39. The predicted octanol–water partition coefficient (Wildman–Crippen LogP) is 4.35. The van der Waals surface area contributed by atoms with Gasteiger partial charge in [-0.05, 0) is 31.0 Å². The van der Waals surface area contributed by atoms with Crippen LogP contribution in [0.1, 0.15) is 24.8 Å². The molecule has 7 heteroatoms. The van der Waals surface area contributed by atoms with E-state index in [2.05, 4.69) is 21.2 Å². The molecule has 0 saturated heterocycles. The molecule has 1 N–H and O–H groups in total. The third kappa shape index (κ3) is 5.18. The molecule has 0 radical (unpaired) electrons. The van der Waals surface area contributed by atoms with Crippen molar-refractivity contribution in [2.24, 2.45) is 0 Å². The number of carbonyl (C=O) groups excluding carboxylic acids is 1. The van der Waals surface area contributed by atoms with E-state index in [9.17, 15) is 22.4 Å². The lowest BCUT2D eigenvalue weighted by atomic mass is 10.1. The van der Waals surface area contributed by atoms with E-state index >= 15 is 0 Å². The third-order valence-corrected chi connectivity index (χ3v) is 2.90. The fraction of sp³-hybridized carbons (Fsp3) is 0.417. The topological polar surface area (TPSA) is 29.1 Å². The Morgan fingerprint density at radius 2 is 1.95 bits per heavy atom. The normalized spacial score (nSPS) is 11.4. The van der Waals surface area contributed by atoms with Gasteiger partial charge in [-0.25, -0.2) is 4.39 Å². The van der Waals surface area contributed by atoms with Crippen LogP contribution in [-0.4, -0.2) is 11.2 Å². The van der Waals surface area contributed by atoms with E-state index in [0.29, 0.717) is 18.6 Å². The number of hydrogen-bond donors (Lipinski definition) is 1. The lowest BCUT2D eigenvalue weighted by Gasteiger charge is -2.11. The number of unbranched alkanes of at least 4 members (excludes halogenated alkanes) is 1. The number of nitrogens with one attached hydrogen (secondary N) is 1. The van der Waals surface area contributed by atoms with Crippen molar-refractivity contribution in [2.45, 2.75) is 25.4 Å². The zero-order chi connectivity index (χ0) is 14.5. The van der Waals surface area contributed by atoms with Crippen LogP contribution in [0.25, 0.3) is 0 Å². The van der Waals surface area contributed by atoms with Gasteiger partial charge in [0.2, 0.25) is 5.91 Å². The Hall–Kier alpha value is -1.11. The third-order valence-electron chi connectivity index (χ3n) is 2.34. The standard InChI is InChI=1S/C12H12BrF4NO/c13-6-2-1-3-11(19)18-8-4-5-10(14)9(7-8)12(15,16)17/h4-5,7H,1-3,6H2,(H,18,19). The van der Waals surface area contributed by atoms with Crippen LogP contribution < -0.4 is 5.32 Å². The van der Waals surface area contributed by atoms with Gasteiger partial charge in [0, 0.05) is 17.4 Å². The first-order valence-electron chi connectivity index (χ1n) is 5.57. The van der Waals surface area contributed by atoms with E-state index in [1.165, 1.54) is 0 Å². The zero-order valence-electron chi connectivity index (χ0n) is 9.86. The number of carbonyl (C=O) groups is 1. The van der Waals surface area contributed by atoms with Crippen molar-refractivity contribution in [3.8, 4) is 0 Å². The summed E-state index contributed by atoms with van der Waals surface area (Å²) in [5, 5.41) is 3.08. The maximum Gasteiger partial charge on any atom is 0.419 e. The number of amides is 1. The van der Waals surface area contributed by atoms with E-state index in [1.807, 2.05) is 0 Å². The Balaban J connectivity index is 2.72. The average molecular weight is 342 g/mol. The predicted molar refractivity (Wildman–Crippen MR) is 67.7 cm³/mol. The zero-order valence-corrected chi connectivity index (χ0v) is 11.4. The number of rotatable bonds is 5. The largest absolute Gasteiger partial charge is 0.419 e. The Morgan fingerprint density at radius 1 is 1.26 bits per heavy atom. The van der Waals surface area contributed by atoms with Gasteiger partial charge < -0.3 is 5.32 Å². The molecule has 0 atom stereocenters. The highest BCUT2D eigenvalue weighted by Gasteiger charge is 2.34. The van der Waals surface area contributed by atoms with Crippen molar-refractivity contribution >= 4 is 27.5 Å². The summed E-state index contributed by atoms with van der Waals surface area (Å²) in [5.41, 5.74) is -1.44. The van der Waals surface area contributed by atoms with Gasteiger partial charge in [0.1, 0.15) is 5.82 Å². The Kier molecular flexibility index (Phi) is 5.78. The fourth-order valence-corrected chi connectivity index (χ4v) is 1.82. The summed E-state index contributed by atoms with van der Waals surface area (Å²) in [6.45, 7) is 0. The summed E-state index contributed by atoms with van der Waals surface area (Å²) in [5.74, 6) is -1.74. The van der Waals surface area contributed by atoms with Crippen LogP contribution in [0.3, 0.4) is 0 Å². The Bertz CT molecular complexity index is 448. The van der Waals surface area contributed by atoms with Crippen LogP contribution in [0.2, 0.25) is 0 Å². The number of halogens is 5. The second kappa shape index (κ2) is 6.88. The number of alkyl halides is 4. The molecule has 0 unspecified atom stereocenters. The van der Waals surface area contributed by atoms with Crippen molar-refractivity contribution < 1.29 is 22.4 Å². The molecule has 0 aromatic heterocycles. The lowest BCUT2D eigenvalue weighted by molar-refractivity contribution is -0.140. The fourth-order valence-electron chi connectivity index (χ4n) is 1.42. The average Bonchev–Trinajstić information content (AvgIpc) is 2.30.